The number of ether oxygens (including phenoxy) is 2. The van der Waals surface area contributed by atoms with Crippen molar-refractivity contribution in [3.8, 4) is 22.6 Å². The first-order chi connectivity index (χ1) is 13.6. The van der Waals surface area contributed by atoms with Crippen LogP contribution in [0.25, 0.3) is 11.1 Å². The summed E-state index contributed by atoms with van der Waals surface area (Å²) in [7, 11) is 1.57. The molecule has 0 bridgehead atoms. The summed E-state index contributed by atoms with van der Waals surface area (Å²) in [4.78, 5) is 11.3. The number of nitrogens with zero attached hydrogens (tertiary/aromatic N) is 1. The van der Waals surface area contributed by atoms with E-state index in [2.05, 4.69) is 0 Å². The van der Waals surface area contributed by atoms with Gasteiger partial charge in [0.1, 0.15) is 17.3 Å². The standard InChI is InChI=1S/C21H18FNO4S/c1-26-17-9-6-15(7-10-17)18-14-16(23(24)25)8-11-20(18)27-12-13-28-21-5-3-2-4-19(21)22/h2-11,14H,12-13H2,1H3. The fourth-order valence-electron chi connectivity index (χ4n) is 2.62. The van der Waals surface area contributed by atoms with Crippen LogP contribution in [-0.2, 0) is 0 Å². The Morgan fingerprint density at radius 2 is 1.82 bits per heavy atom. The van der Waals surface area contributed by atoms with Gasteiger partial charge in [-0.15, -0.1) is 11.8 Å². The first-order valence-electron chi connectivity index (χ1n) is 8.51. The van der Waals surface area contributed by atoms with E-state index in [1.54, 1.807) is 43.5 Å². The van der Waals surface area contributed by atoms with E-state index in [1.165, 1.54) is 30.0 Å². The Morgan fingerprint density at radius 3 is 2.50 bits per heavy atom. The molecule has 28 heavy (non-hydrogen) atoms. The quantitative estimate of drug-likeness (QED) is 0.214. The van der Waals surface area contributed by atoms with Crippen LogP contribution in [0.15, 0.2) is 71.6 Å². The molecule has 3 aromatic carbocycles. The molecule has 0 aromatic heterocycles. The molecular weight excluding hydrogens is 381 g/mol. The molecule has 0 aliphatic carbocycles. The highest BCUT2D eigenvalue weighted by molar-refractivity contribution is 7.99. The number of hydrogen-bond donors (Lipinski definition) is 0. The Hall–Kier alpha value is -3.06. The van der Waals surface area contributed by atoms with E-state index in [0.29, 0.717) is 34.3 Å². The van der Waals surface area contributed by atoms with Gasteiger partial charge in [-0.25, -0.2) is 4.39 Å². The van der Waals surface area contributed by atoms with Crippen LogP contribution in [0.1, 0.15) is 0 Å². The maximum atomic E-state index is 13.7. The zero-order valence-corrected chi connectivity index (χ0v) is 15.9. The summed E-state index contributed by atoms with van der Waals surface area (Å²) in [5, 5.41) is 11.2. The van der Waals surface area contributed by atoms with Crippen LogP contribution < -0.4 is 9.47 Å². The molecule has 0 saturated carbocycles. The summed E-state index contributed by atoms with van der Waals surface area (Å²) in [6, 6.07) is 18.3. The molecule has 0 amide bonds. The summed E-state index contributed by atoms with van der Waals surface area (Å²) in [6.45, 7) is 0.333. The molecular formula is C21H18FNO4S. The van der Waals surface area contributed by atoms with Crippen molar-refractivity contribution in [1.82, 2.24) is 0 Å². The Kier molecular flexibility index (Phi) is 6.49. The van der Waals surface area contributed by atoms with E-state index < -0.39 is 4.92 Å². The summed E-state index contributed by atoms with van der Waals surface area (Å²) in [6.07, 6.45) is 0. The SMILES string of the molecule is COc1ccc(-c2cc([N+](=O)[O-])ccc2OCCSc2ccccc2F)cc1. The van der Waals surface area contributed by atoms with E-state index in [9.17, 15) is 14.5 Å². The van der Waals surface area contributed by atoms with Crippen LogP contribution in [0.4, 0.5) is 10.1 Å². The van der Waals surface area contributed by atoms with Crippen molar-refractivity contribution in [3.05, 3.63) is 82.7 Å². The fourth-order valence-corrected chi connectivity index (χ4v) is 3.39. The largest absolute Gasteiger partial charge is 0.497 e. The topological polar surface area (TPSA) is 61.6 Å². The van der Waals surface area contributed by atoms with Gasteiger partial charge in [-0.1, -0.05) is 24.3 Å². The van der Waals surface area contributed by atoms with Crippen molar-refractivity contribution in [2.75, 3.05) is 19.5 Å². The van der Waals surface area contributed by atoms with Crippen LogP contribution in [0.2, 0.25) is 0 Å². The molecule has 3 aromatic rings. The second kappa shape index (κ2) is 9.23. The minimum atomic E-state index is -0.440. The highest BCUT2D eigenvalue weighted by atomic mass is 32.2. The maximum absolute atomic E-state index is 13.7. The van der Waals surface area contributed by atoms with Crippen molar-refractivity contribution in [2.24, 2.45) is 0 Å². The Balaban J connectivity index is 1.75. The maximum Gasteiger partial charge on any atom is 0.270 e. The number of nitro groups is 1. The second-order valence-corrected chi connectivity index (χ2v) is 6.93. The third-order valence-electron chi connectivity index (χ3n) is 4.01. The minimum Gasteiger partial charge on any atom is -0.497 e. The number of methoxy groups -OCH3 is 1. The summed E-state index contributed by atoms with van der Waals surface area (Å²) in [5.74, 6) is 1.50. The van der Waals surface area contributed by atoms with Gasteiger partial charge in [0.25, 0.3) is 5.69 Å². The smallest absolute Gasteiger partial charge is 0.270 e. The summed E-state index contributed by atoms with van der Waals surface area (Å²) < 4.78 is 24.7. The Morgan fingerprint density at radius 1 is 1.07 bits per heavy atom. The van der Waals surface area contributed by atoms with E-state index >= 15 is 0 Å². The highest BCUT2D eigenvalue weighted by Crippen LogP contribution is 2.34. The monoisotopic (exact) mass is 399 g/mol. The van der Waals surface area contributed by atoms with Crippen molar-refractivity contribution >= 4 is 17.4 Å². The number of non-ortho nitro benzene ring substituents is 1. The van der Waals surface area contributed by atoms with Crippen molar-refractivity contribution in [1.29, 1.82) is 0 Å². The van der Waals surface area contributed by atoms with Crippen LogP contribution >= 0.6 is 11.8 Å². The normalized spacial score (nSPS) is 10.5. The lowest BCUT2D eigenvalue weighted by Crippen LogP contribution is -2.02. The molecule has 0 aliphatic rings. The molecule has 0 heterocycles. The van der Waals surface area contributed by atoms with Crippen molar-refractivity contribution in [2.45, 2.75) is 4.90 Å². The number of rotatable bonds is 8. The van der Waals surface area contributed by atoms with Gasteiger partial charge in [0, 0.05) is 28.3 Å². The molecule has 0 atom stereocenters. The molecule has 0 aliphatic heterocycles. The van der Waals surface area contributed by atoms with E-state index in [1.807, 2.05) is 12.1 Å². The lowest BCUT2D eigenvalue weighted by molar-refractivity contribution is -0.384. The second-order valence-electron chi connectivity index (χ2n) is 5.79. The Bertz CT molecular complexity index is 963. The molecule has 0 saturated heterocycles. The number of halogens is 1. The highest BCUT2D eigenvalue weighted by Gasteiger charge is 2.14. The lowest BCUT2D eigenvalue weighted by Gasteiger charge is -2.12. The zero-order chi connectivity index (χ0) is 19.9. The minimum absolute atomic E-state index is 0.0149. The van der Waals surface area contributed by atoms with Crippen molar-refractivity contribution < 1.29 is 18.8 Å². The molecule has 7 heteroatoms. The van der Waals surface area contributed by atoms with E-state index in [0.717, 1.165) is 5.56 Å². The predicted octanol–water partition coefficient (Wildman–Crippen LogP) is 5.58. The van der Waals surface area contributed by atoms with Gasteiger partial charge >= 0.3 is 0 Å². The van der Waals surface area contributed by atoms with Gasteiger partial charge in [0.15, 0.2) is 0 Å². The summed E-state index contributed by atoms with van der Waals surface area (Å²) in [5.41, 5.74) is 1.38. The van der Waals surface area contributed by atoms with Gasteiger partial charge in [-0.3, -0.25) is 10.1 Å². The van der Waals surface area contributed by atoms with Crippen LogP contribution in [0.5, 0.6) is 11.5 Å². The number of thioether (sulfide) groups is 1. The first kappa shape index (κ1) is 19.7. The van der Waals surface area contributed by atoms with Gasteiger partial charge < -0.3 is 9.47 Å². The third kappa shape index (κ3) is 4.80. The fraction of sp³-hybridized carbons (Fsp3) is 0.143. The Labute approximate surface area is 166 Å². The molecule has 5 nitrogen and oxygen atoms in total. The number of hydrogen-bond acceptors (Lipinski definition) is 5. The lowest BCUT2D eigenvalue weighted by atomic mass is 10.0. The third-order valence-corrected chi connectivity index (χ3v) is 5.02. The molecule has 0 spiro atoms. The summed E-state index contributed by atoms with van der Waals surface area (Å²) >= 11 is 1.36. The van der Waals surface area contributed by atoms with E-state index in [-0.39, 0.29) is 11.5 Å². The van der Waals surface area contributed by atoms with E-state index in [4.69, 9.17) is 9.47 Å². The first-order valence-corrected chi connectivity index (χ1v) is 9.50. The average Bonchev–Trinajstić information content (AvgIpc) is 2.72. The van der Waals surface area contributed by atoms with Crippen molar-refractivity contribution in [3.63, 3.8) is 0 Å². The average molecular weight is 399 g/mol. The van der Waals surface area contributed by atoms with Gasteiger partial charge in [0.05, 0.1) is 18.6 Å². The van der Waals surface area contributed by atoms with Crippen LogP contribution in [0, 0.1) is 15.9 Å². The van der Waals surface area contributed by atoms with Gasteiger partial charge in [-0.05, 0) is 35.9 Å². The molecule has 144 valence electrons. The van der Waals surface area contributed by atoms with Crippen LogP contribution in [-0.4, -0.2) is 24.4 Å². The number of nitro benzene ring substituents is 1. The van der Waals surface area contributed by atoms with Gasteiger partial charge in [-0.2, -0.15) is 0 Å². The zero-order valence-electron chi connectivity index (χ0n) is 15.1. The molecule has 0 radical (unpaired) electrons. The molecule has 3 rings (SSSR count). The van der Waals surface area contributed by atoms with Crippen LogP contribution in [0.3, 0.4) is 0 Å². The molecule has 0 N–H and O–H groups in total. The molecule has 0 unspecified atom stereocenters. The van der Waals surface area contributed by atoms with Gasteiger partial charge in [0.2, 0.25) is 0 Å². The molecule has 0 fully saturated rings. The predicted molar refractivity (Wildman–Crippen MR) is 108 cm³/mol. The number of benzene rings is 3.